The average Bonchev–Trinajstić information content (AvgIpc) is 3.74. The Labute approximate surface area is 220 Å². The summed E-state index contributed by atoms with van der Waals surface area (Å²) in [6.07, 6.45) is -1.92. The minimum Gasteiger partial charge on any atom is -0.406 e. The Hall–Kier alpha value is -3.08. The molecule has 0 aromatic heterocycles. The number of aliphatic hydroxyl groups excluding tert-OH is 1. The molecule has 2 atom stereocenters. The van der Waals surface area contributed by atoms with E-state index in [1.54, 1.807) is 0 Å². The van der Waals surface area contributed by atoms with E-state index in [4.69, 9.17) is 0 Å². The molecule has 0 spiro atoms. The molecule has 0 saturated heterocycles. The van der Waals surface area contributed by atoms with Crippen molar-refractivity contribution in [2.75, 3.05) is 24.5 Å². The normalized spacial score (nSPS) is 17.5. The Balaban J connectivity index is 1.35. The van der Waals surface area contributed by atoms with Gasteiger partial charge in [0.05, 0.1) is 24.1 Å². The maximum atomic E-state index is 13.9. The van der Waals surface area contributed by atoms with Crippen molar-refractivity contribution in [1.82, 2.24) is 4.72 Å². The summed E-state index contributed by atoms with van der Waals surface area (Å²) >= 11 is 0. The molecular weight excluding hydrogens is 515 g/mol. The van der Waals surface area contributed by atoms with Gasteiger partial charge in [-0.1, -0.05) is 36.4 Å². The van der Waals surface area contributed by atoms with Gasteiger partial charge in [0.2, 0.25) is 0 Å². The number of nitrogens with one attached hydrogen (secondary N) is 1. The first-order valence-electron chi connectivity index (χ1n) is 12.6. The SMILES string of the molecule is O=S(=NCC1CC1)(NC[C@@H](O)CN1c2ccccc2CCc2ccccc21)c1ccc(OC(F)(F)F)cc1. The highest BCUT2D eigenvalue weighted by Crippen LogP contribution is 2.36. The van der Waals surface area contributed by atoms with Crippen LogP contribution in [0.4, 0.5) is 24.5 Å². The van der Waals surface area contributed by atoms with Gasteiger partial charge in [0.25, 0.3) is 0 Å². The molecule has 2 aliphatic rings. The van der Waals surface area contributed by atoms with Gasteiger partial charge in [0, 0.05) is 17.9 Å². The summed E-state index contributed by atoms with van der Waals surface area (Å²) in [4.78, 5) is 2.33. The molecule has 1 heterocycles. The second kappa shape index (κ2) is 11.0. The van der Waals surface area contributed by atoms with Gasteiger partial charge in [0.1, 0.15) is 15.7 Å². The quantitative estimate of drug-likeness (QED) is 0.366. The maximum absolute atomic E-state index is 13.9. The largest absolute Gasteiger partial charge is 0.573 e. The molecule has 3 aromatic rings. The molecule has 10 heteroatoms. The van der Waals surface area contributed by atoms with E-state index in [0.29, 0.717) is 12.5 Å². The summed E-state index contributed by atoms with van der Waals surface area (Å²) in [5.74, 6) is -0.0378. The number of rotatable bonds is 9. The lowest BCUT2D eigenvalue weighted by molar-refractivity contribution is -0.274. The molecular formula is C28H30F3N3O3S. The van der Waals surface area contributed by atoms with Crippen LogP contribution < -0.4 is 14.4 Å². The van der Waals surface area contributed by atoms with Gasteiger partial charge in [-0.15, -0.1) is 13.2 Å². The number of aryl methyl sites for hydroxylation is 2. The molecule has 1 saturated carbocycles. The number of β-amino-alcohol motifs (C(OH)–C–C–N with tert-alkyl or cyclic N) is 1. The number of halogens is 3. The lowest BCUT2D eigenvalue weighted by atomic mass is 10.0. The topological polar surface area (TPSA) is 74.2 Å². The Morgan fingerprint density at radius 3 is 2.11 bits per heavy atom. The predicted molar refractivity (Wildman–Crippen MR) is 141 cm³/mol. The number of ether oxygens (including phenoxy) is 1. The highest BCUT2D eigenvalue weighted by molar-refractivity contribution is 7.91. The smallest absolute Gasteiger partial charge is 0.406 e. The third kappa shape index (κ3) is 6.48. The molecule has 1 aliphatic carbocycles. The van der Waals surface area contributed by atoms with Crippen LogP contribution in [0.25, 0.3) is 0 Å². The van der Waals surface area contributed by atoms with E-state index < -0.39 is 28.1 Å². The van der Waals surface area contributed by atoms with Gasteiger partial charge in [-0.25, -0.2) is 13.3 Å². The number of hydrogen-bond donors (Lipinski definition) is 2. The standard InChI is InChI=1S/C28H30F3N3O3S/c29-28(30,31)37-24-13-15-25(16-14-24)38(36,32-17-20-9-10-20)33-18-23(35)19-34-26-7-3-1-5-21(26)11-12-22-6-2-4-8-27(22)34/h1-8,13-16,20,23,35H,9-12,17-19H2,(H,32,33,36)/t23-,38?/m1/s1. The van der Waals surface area contributed by atoms with Crippen LogP contribution in [0.5, 0.6) is 5.75 Å². The monoisotopic (exact) mass is 545 g/mol. The van der Waals surface area contributed by atoms with Crippen molar-refractivity contribution in [2.24, 2.45) is 10.3 Å². The highest BCUT2D eigenvalue weighted by atomic mass is 32.2. The van der Waals surface area contributed by atoms with Crippen molar-refractivity contribution in [2.45, 2.75) is 43.0 Å². The van der Waals surface area contributed by atoms with Crippen LogP contribution in [0.15, 0.2) is 82.1 Å². The van der Waals surface area contributed by atoms with E-state index >= 15 is 0 Å². The maximum Gasteiger partial charge on any atom is 0.573 e. The number of para-hydroxylation sites is 2. The second-order valence-electron chi connectivity index (χ2n) is 9.67. The van der Waals surface area contributed by atoms with Crippen molar-refractivity contribution in [1.29, 1.82) is 0 Å². The van der Waals surface area contributed by atoms with Crippen LogP contribution >= 0.6 is 0 Å². The van der Waals surface area contributed by atoms with E-state index in [9.17, 15) is 22.5 Å². The lowest BCUT2D eigenvalue weighted by Crippen LogP contribution is -2.39. The molecule has 38 heavy (non-hydrogen) atoms. The van der Waals surface area contributed by atoms with Crippen LogP contribution in [0.2, 0.25) is 0 Å². The Morgan fingerprint density at radius 2 is 1.55 bits per heavy atom. The number of alkyl halides is 3. The van der Waals surface area contributed by atoms with E-state index in [2.05, 4.69) is 30.9 Å². The van der Waals surface area contributed by atoms with E-state index in [0.717, 1.165) is 49.2 Å². The number of aliphatic hydroxyl groups is 1. The molecule has 0 radical (unpaired) electrons. The molecule has 6 nitrogen and oxygen atoms in total. The molecule has 1 aliphatic heterocycles. The molecule has 0 bridgehead atoms. The fourth-order valence-corrected chi connectivity index (χ4v) is 6.34. The van der Waals surface area contributed by atoms with Crippen LogP contribution in [0.1, 0.15) is 24.0 Å². The fraction of sp³-hybridized carbons (Fsp3) is 0.357. The summed E-state index contributed by atoms with van der Waals surface area (Å²) < 4.78 is 62.9. The first-order chi connectivity index (χ1) is 18.2. The van der Waals surface area contributed by atoms with E-state index in [1.165, 1.54) is 23.3 Å². The first kappa shape index (κ1) is 26.5. The Morgan fingerprint density at radius 1 is 0.974 bits per heavy atom. The van der Waals surface area contributed by atoms with Gasteiger partial charge in [-0.3, -0.25) is 0 Å². The molecule has 5 rings (SSSR count). The zero-order valence-electron chi connectivity index (χ0n) is 20.7. The summed E-state index contributed by atoms with van der Waals surface area (Å²) in [5.41, 5.74) is 4.42. The number of hydrogen-bond acceptors (Lipinski definition) is 5. The van der Waals surface area contributed by atoms with E-state index in [1.807, 2.05) is 36.4 Å². The molecule has 1 unspecified atom stereocenters. The summed E-state index contributed by atoms with van der Waals surface area (Å²) in [6.45, 7) is 0.627. The first-order valence-corrected chi connectivity index (χ1v) is 14.2. The van der Waals surface area contributed by atoms with Crippen molar-refractivity contribution < 1.29 is 27.2 Å². The van der Waals surface area contributed by atoms with Crippen molar-refractivity contribution in [3.05, 3.63) is 83.9 Å². The minimum absolute atomic E-state index is 0.0192. The fourth-order valence-electron chi connectivity index (χ4n) is 4.59. The molecule has 0 amide bonds. The lowest BCUT2D eigenvalue weighted by Gasteiger charge is -2.29. The van der Waals surface area contributed by atoms with Crippen molar-refractivity contribution >= 4 is 21.3 Å². The zero-order chi connectivity index (χ0) is 26.8. The van der Waals surface area contributed by atoms with Gasteiger partial charge in [-0.2, -0.15) is 0 Å². The zero-order valence-corrected chi connectivity index (χ0v) is 21.5. The molecule has 1 fully saturated rings. The summed E-state index contributed by atoms with van der Waals surface area (Å²) in [7, 11) is -3.19. The van der Waals surface area contributed by atoms with Crippen LogP contribution in [-0.2, 0) is 22.8 Å². The minimum atomic E-state index is -4.81. The number of fused-ring (bicyclic) bond motifs is 2. The highest BCUT2D eigenvalue weighted by Gasteiger charge is 2.31. The number of anilines is 2. The molecule has 202 valence electrons. The van der Waals surface area contributed by atoms with Gasteiger partial charge >= 0.3 is 6.36 Å². The molecule has 3 aromatic carbocycles. The summed E-state index contributed by atoms with van der Waals surface area (Å²) in [6, 6.07) is 21.1. The predicted octanol–water partition coefficient (Wildman–Crippen LogP) is 5.62. The number of benzene rings is 3. The van der Waals surface area contributed by atoms with E-state index in [-0.39, 0.29) is 18.0 Å². The number of nitrogens with zero attached hydrogens (tertiary/aromatic N) is 2. The third-order valence-electron chi connectivity index (χ3n) is 6.72. The van der Waals surface area contributed by atoms with Gasteiger partial charge in [-0.05, 0) is 79.1 Å². The third-order valence-corrected chi connectivity index (χ3v) is 8.71. The van der Waals surface area contributed by atoms with Crippen LogP contribution in [0, 0.1) is 5.92 Å². The van der Waals surface area contributed by atoms with Crippen LogP contribution in [-0.4, -0.2) is 41.4 Å². The van der Waals surface area contributed by atoms with Gasteiger partial charge in [0.15, 0.2) is 0 Å². The molecule has 2 N–H and O–H groups in total. The second-order valence-corrected chi connectivity index (χ2v) is 11.7. The Bertz CT molecular complexity index is 1340. The average molecular weight is 546 g/mol. The van der Waals surface area contributed by atoms with Crippen molar-refractivity contribution in [3.8, 4) is 5.75 Å². The summed E-state index contributed by atoms with van der Waals surface area (Å²) in [5, 5.41) is 11.1. The van der Waals surface area contributed by atoms with Crippen LogP contribution in [0.3, 0.4) is 0 Å². The van der Waals surface area contributed by atoms with Crippen molar-refractivity contribution in [3.63, 3.8) is 0 Å². The Kier molecular flexibility index (Phi) is 7.65. The van der Waals surface area contributed by atoms with Gasteiger partial charge < -0.3 is 14.7 Å².